The maximum atomic E-state index is 13.2. The van der Waals surface area contributed by atoms with Crippen LogP contribution >= 0.6 is 0 Å². The number of likely N-dealkylation sites (tertiary alicyclic amines) is 1. The minimum atomic E-state index is -1.60. The summed E-state index contributed by atoms with van der Waals surface area (Å²) in [7, 11) is 0. The number of benzene rings is 2. The lowest BCUT2D eigenvalue weighted by molar-refractivity contribution is -0.150. The molecule has 1 aliphatic heterocycles. The van der Waals surface area contributed by atoms with Gasteiger partial charge in [0.1, 0.15) is 0 Å². The molecule has 0 spiro atoms. The average molecular weight is 462 g/mol. The van der Waals surface area contributed by atoms with Gasteiger partial charge in [0.15, 0.2) is 5.60 Å². The van der Waals surface area contributed by atoms with E-state index < -0.39 is 11.5 Å². The molecule has 2 amide bonds. The number of carbonyl (C=O) groups is 2. The standard InChI is InChI=1S/C28H35N3O3/c32-25(30-26-23-18-31(19-24(23)26)17-20-10-4-1-5-11-20)16-29-27(33)28(34,21-12-6-2-7-13-21)22-14-8-3-9-15-22/h1-2,4-7,10-13,22-24,26,34H,3,8-9,14-19H2,(H,29,33)(H,30,32). The monoisotopic (exact) mass is 461 g/mol. The van der Waals surface area contributed by atoms with Crippen LogP contribution in [0.5, 0.6) is 0 Å². The van der Waals surface area contributed by atoms with E-state index in [4.69, 9.17) is 0 Å². The molecule has 1 heterocycles. The number of piperidine rings is 1. The molecule has 1 saturated heterocycles. The van der Waals surface area contributed by atoms with Crippen LogP contribution in [-0.2, 0) is 21.7 Å². The van der Waals surface area contributed by atoms with E-state index in [1.54, 1.807) is 12.1 Å². The Kier molecular flexibility index (Phi) is 6.70. The summed E-state index contributed by atoms with van der Waals surface area (Å²) in [4.78, 5) is 28.3. The van der Waals surface area contributed by atoms with Gasteiger partial charge in [0, 0.05) is 31.6 Å². The summed E-state index contributed by atoms with van der Waals surface area (Å²) in [5.74, 6) is 0.205. The summed E-state index contributed by atoms with van der Waals surface area (Å²) < 4.78 is 0. The van der Waals surface area contributed by atoms with Gasteiger partial charge in [-0.1, -0.05) is 79.9 Å². The molecule has 0 bridgehead atoms. The first-order valence-corrected chi connectivity index (χ1v) is 12.7. The zero-order valence-electron chi connectivity index (χ0n) is 19.7. The molecule has 180 valence electrons. The fraction of sp³-hybridized carbons (Fsp3) is 0.500. The van der Waals surface area contributed by atoms with Gasteiger partial charge < -0.3 is 15.7 Å². The summed E-state index contributed by atoms with van der Waals surface area (Å²) in [6.45, 7) is 2.83. The van der Waals surface area contributed by atoms with Crippen LogP contribution in [0.15, 0.2) is 60.7 Å². The number of hydrogen-bond acceptors (Lipinski definition) is 4. The topological polar surface area (TPSA) is 81.7 Å². The van der Waals surface area contributed by atoms with Crippen LogP contribution < -0.4 is 10.6 Å². The van der Waals surface area contributed by atoms with E-state index >= 15 is 0 Å². The third-order valence-electron chi connectivity index (χ3n) is 8.01. The lowest BCUT2D eigenvalue weighted by atomic mass is 9.73. The lowest BCUT2D eigenvalue weighted by Gasteiger charge is -2.37. The Morgan fingerprint density at radius 2 is 1.53 bits per heavy atom. The number of nitrogens with zero attached hydrogens (tertiary/aromatic N) is 1. The fourth-order valence-corrected chi connectivity index (χ4v) is 6.10. The van der Waals surface area contributed by atoms with Gasteiger partial charge in [0.2, 0.25) is 5.91 Å². The Labute approximate surface area is 201 Å². The van der Waals surface area contributed by atoms with Crippen molar-refractivity contribution in [1.29, 1.82) is 0 Å². The number of carbonyl (C=O) groups excluding carboxylic acids is 2. The Bertz CT molecular complexity index is 980. The van der Waals surface area contributed by atoms with Crippen molar-refractivity contribution in [3.8, 4) is 0 Å². The molecule has 0 radical (unpaired) electrons. The molecule has 3 unspecified atom stereocenters. The molecular formula is C28H35N3O3. The van der Waals surface area contributed by atoms with Crippen molar-refractivity contribution in [3.63, 3.8) is 0 Å². The molecular weight excluding hydrogens is 426 g/mol. The van der Waals surface area contributed by atoms with E-state index in [-0.39, 0.29) is 24.4 Å². The van der Waals surface area contributed by atoms with Crippen molar-refractivity contribution in [1.82, 2.24) is 15.5 Å². The van der Waals surface area contributed by atoms with E-state index in [0.717, 1.165) is 51.7 Å². The normalized spacial score (nSPS) is 26.3. The third-order valence-corrected chi connectivity index (χ3v) is 8.01. The minimum Gasteiger partial charge on any atom is -0.375 e. The molecule has 5 rings (SSSR count). The van der Waals surface area contributed by atoms with Gasteiger partial charge in [-0.15, -0.1) is 0 Å². The maximum Gasteiger partial charge on any atom is 0.257 e. The zero-order chi connectivity index (χ0) is 23.5. The third kappa shape index (κ3) is 4.75. The number of aliphatic hydroxyl groups is 1. The van der Waals surface area contributed by atoms with E-state index in [0.29, 0.717) is 17.4 Å². The molecule has 0 aromatic heterocycles. The van der Waals surface area contributed by atoms with Crippen molar-refractivity contribution in [3.05, 3.63) is 71.8 Å². The quantitative estimate of drug-likeness (QED) is 0.565. The van der Waals surface area contributed by atoms with Gasteiger partial charge in [0.25, 0.3) is 5.91 Å². The molecule has 34 heavy (non-hydrogen) atoms. The second-order valence-electron chi connectivity index (χ2n) is 10.3. The van der Waals surface area contributed by atoms with Gasteiger partial charge in [0.05, 0.1) is 6.54 Å². The van der Waals surface area contributed by atoms with E-state index in [1.165, 1.54) is 5.56 Å². The Balaban J connectivity index is 1.12. The number of nitrogens with one attached hydrogen (secondary N) is 2. The maximum absolute atomic E-state index is 13.2. The SMILES string of the molecule is O=C(CNC(=O)C(O)(c1ccccc1)C1CCCCC1)NC1C2CN(Cc3ccccc3)CC21. The minimum absolute atomic E-state index is 0.107. The second kappa shape index (κ2) is 9.88. The van der Waals surface area contributed by atoms with Crippen LogP contribution in [0, 0.1) is 17.8 Å². The smallest absolute Gasteiger partial charge is 0.257 e. The summed E-state index contributed by atoms with van der Waals surface area (Å²) >= 11 is 0. The van der Waals surface area contributed by atoms with E-state index in [1.807, 2.05) is 24.3 Å². The van der Waals surface area contributed by atoms with Gasteiger partial charge in [-0.25, -0.2) is 0 Å². The summed E-state index contributed by atoms with van der Waals surface area (Å²) in [5, 5.41) is 17.5. The first-order chi connectivity index (χ1) is 16.6. The fourth-order valence-electron chi connectivity index (χ4n) is 6.10. The second-order valence-corrected chi connectivity index (χ2v) is 10.3. The largest absolute Gasteiger partial charge is 0.375 e. The van der Waals surface area contributed by atoms with Crippen molar-refractivity contribution < 1.29 is 14.7 Å². The first kappa shape index (κ1) is 23.1. The number of amides is 2. The van der Waals surface area contributed by atoms with Crippen molar-refractivity contribution >= 4 is 11.8 Å². The van der Waals surface area contributed by atoms with Crippen LogP contribution in [0.2, 0.25) is 0 Å². The van der Waals surface area contributed by atoms with Crippen LogP contribution in [0.3, 0.4) is 0 Å². The average Bonchev–Trinajstić information content (AvgIpc) is 3.31. The summed E-state index contributed by atoms with van der Waals surface area (Å²) in [5.41, 5.74) is 0.321. The van der Waals surface area contributed by atoms with E-state index in [2.05, 4.69) is 39.8 Å². The van der Waals surface area contributed by atoms with Crippen LogP contribution in [0.25, 0.3) is 0 Å². The Morgan fingerprint density at radius 3 is 2.18 bits per heavy atom. The van der Waals surface area contributed by atoms with Gasteiger partial charge >= 0.3 is 0 Å². The molecule has 2 aromatic carbocycles. The molecule has 2 aliphatic carbocycles. The Hall–Kier alpha value is -2.70. The van der Waals surface area contributed by atoms with Gasteiger partial charge in [-0.2, -0.15) is 0 Å². The number of fused-ring (bicyclic) bond motifs is 1. The molecule has 3 atom stereocenters. The van der Waals surface area contributed by atoms with E-state index in [9.17, 15) is 14.7 Å². The van der Waals surface area contributed by atoms with Crippen LogP contribution in [0.1, 0.15) is 43.2 Å². The summed E-state index contributed by atoms with van der Waals surface area (Å²) in [6.07, 6.45) is 4.79. The zero-order valence-corrected chi connectivity index (χ0v) is 19.7. The number of hydrogen-bond donors (Lipinski definition) is 3. The highest BCUT2D eigenvalue weighted by atomic mass is 16.3. The molecule has 6 heteroatoms. The molecule has 3 fully saturated rings. The van der Waals surface area contributed by atoms with Crippen LogP contribution in [0.4, 0.5) is 0 Å². The highest BCUT2D eigenvalue weighted by Gasteiger charge is 2.56. The Morgan fingerprint density at radius 1 is 0.912 bits per heavy atom. The van der Waals surface area contributed by atoms with Crippen molar-refractivity contribution in [2.24, 2.45) is 17.8 Å². The van der Waals surface area contributed by atoms with Crippen molar-refractivity contribution in [2.75, 3.05) is 19.6 Å². The number of rotatable bonds is 8. The predicted molar refractivity (Wildman–Crippen MR) is 131 cm³/mol. The van der Waals surface area contributed by atoms with Gasteiger partial charge in [-0.05, 0) is 35.8 Å². The lowest BCUT2D eigenvalue weighted by Crippen LogP contribution is -2.52. The summed E-state index contributed by atoms with van der Waals surface area (Å²) in [6, 6.07) is 19.8. The molecule has 2 aromatic rings. The highest BCUT2D eigenvalue weighted by molar-refractivity contribution is 5.90. The van der Waals surface area contributed by atoms with Gasteiger partial charge in [-0.3, -0.25) is 14.5 Å². The molecule has 6 nitrogen and oxygen atoms in total. The van der Waals surface area contributed by atoms with Crippen molar-refractivity contribution in [2.45, 2.75) is 50.3 Å². The molecule has 3 aliphatic rings. The first-order valence-electron chi connectivity index (χ1n) is 12.7. The highest BCUT2D eigenvalue weighted by Crippen LogP contribution is 2.46. The van der Waals surface area contributed by atoms with Crippen LogP contribution in [-0.4, -0.2) is 47.5 Å². The molecule has 2 saturated carbocycles. The molecule has 3 N–H and O–H groups in total. The predicted octanol–water partition coefficient (Wildman–Crippen LogP) is 2.82.